The molecule has 1 heterocycles. The summed E-state index contributed by atoms with van der Waals surface area (Å²) in [6.45, 7) is 0. The Hall–Kier alpha value is -2.27. The molecule has 6 heteroatoms. The Balaban J connectivity index is 1.67. The van der Waals surface area contributed by atoms with Crippen LogP contribution in [0.5, 0.6) is 0 Å². The quantitative estimate of drug-likeness (QED) is 0.534. The summed E-state index contributed by atoms with van der Waals surface area (Å²) in [7, 11) is 0. The van der Waals surface area contributed by atoms with Gasteiger partial charge in [0.15, 0.2) is 5.17 Å². The van der Waals surface area contributed by atoms with E-state index in [0.717, 1.165) is 16.3 Å². The second-order valence-corrected chi connectivity index (χ2v) is 7.52. The minimum Gasteiger partial charge on any atom is -0.300 e. The summed E-state index contributed by atoms with van der Waals surface area (Å²) >= 11 is 13.3. The molecule has 4 rings (SSSR count). The van der Waals surface area contributed by atoms with E-state index in [1.807, 2.05) is 36.4 Å². The second kappa shape index (κ2) is 7.16. The SMILES string of the molecule is O=C1NC(=Nc2ccc(Cl)cc2Cl)S/C1=C/c1cccc2ccccc12. The number of hydrogen-bond acceptors (Lipinski definition) is 3. The van der Waals surface area contributed by atoms with Gasteiger partial charge in [0.2, 0.25) is 0 Å². The highest BCUT2D eigenvalue weighted by Crippen LogP contribution is 2.33. The maximum Gasteiger partial charge on any atom is 0.264 e. The van der Waals surface area contributed by atoms with Gasteiger partial charge in [-0.3, -0.25) is 4.79 Å². The molecule has 3 aromatic carbocycles. The molecule has 3 nitrogen and oxygen atoms in total. The summed E-state index contributed by atoms with van der Waals surface area (Å²) in [6.07, 6.45) is 1.88. The van der Waals surface area contributed by atoms with E-state index < -0.39 is 0 Å². The third kappa shape index (κ3) is 3.49. The number of nitrogens with one attached hydrogen (secondary N) is 1. The standard InChI is InChI=1S/C20H12Cl2N2OS/c21-14-8-9-17(16(22)11-14)23-20-24-19(25)18(26-20)10-13-6-3-5-12-4-1-2-7-15(12)13/h1-11H,(H,23,24,25)/b18-10+. The average Bonchev–Trinajstić information content (AvgIpc) is 2.97. The molecule has 26 heavy (non-hydrogen) atoms. The number of carbonyl (C=O) groups excluding carboxylic acids is 1. The van der Waals surface area contributed by atoms with E-state index in [1.54, 1.807) is 18.2 Å². The van der Waals surface area contributed by atoms with Crippen LogP contribution in [0.2, 0.25) is 10.0 Å². The van der Waals surface area contributed by atoms with E-state index in [1.165, 1.54) is 11.8 Å². The van der Waals surface area contributed by atoms with Crippen LogP contribution < -0.4 is 5.32 Å². The Morgan fingerprint density at radius 2 is 1.81 bits per heavy atom. The summed E-state index contributed by atoms with van der Waals surface area (Å²) in [5.74, 6) is -0.174. The van der Waals surface area contributed by atoms with Crippen molar-refractivity contribution in [2.24, 2.45) is 4.99 Å². The van der Waals surface area contributed by atoms with Crippen LogP contribution in [0.25, 0.3) is 16.8 Å². The topological polar surface area (TPSA) is 41.5 Å². The number of hydrogen-bond donors (Lipinski definition) is 1. The first kappa shape index (κ1) is 17.2. The van der Waals surface area contributed by atoms with Crippen molar-refractivity contribution in [1.29, 1.82) is 0 Å². The maximum absolute atomic E-state index is 12.3. The number of benzene rings is 3. The van der Waals surface area contributed by atoms with E-state index in [-0.39, 0.29) is 5.91 Å². The lowest BCUT2D eigenvalue weighted by atomic mass is 10.0. The number of thioether (sulfide) groups is 1. The molecule has 0 aromatic heterocycles. The highest BCUT2D eigenvalue weighted by Gasteiger charge is 2.24. The molecule has 0 atom stereocenters. The van der Waals surface area contributed by atoms with Crippen molar-refractivity contribution in [3.8, 4) is 0 Å². The molecule has 1 saturated heterocycles. The molecule has 0 unspecified atom stereocenters. The van der Waals surface area contributed by atoms with Crippen molar-refractivity contribution in [3.05, 3.63) is 81.2 Å². The molecule has 1 amide bonds. The Labute approximate surface area is 164 Å². The number of nitrogens with zero attached hydrogens (tertiary/aromatic N) is 1. The molecule has 0 bridgehead atoms. The lowest BCUT2D eigenvalue weighted by Crippen LogP contribution is -2.19. The minimum absolute atomic E-state index is 0.174. The molecule has 128 valence electrons. The number of aliphatic imine (C=N–C) groups is 1. The highest BCUT2D eigenvalue weighted by atomic mass is 35.5. The number of rotatable bonds is 2. The Morgan fingerprint density at radius 3 is 2.65 bits per heavy atom. The van der Waals surface area contributed by atoms with Gasteiger partial charge >= 0.3 is 0 Å². The fraction of sp³-hybridized carbons (Fsp3) is 0. The molecule has 1 aliphatic heterocycles. The molecule has 0 spiro atoms. The van der Waals surface area contributed by atoms with Crippen molar-refractivity contribution in [2.75, 3.05) is 0 Å². The monoisotopic (exact) mass is 398 g/mol. The van der Waals surface area contributed by atoms with Gasteiger partial charge in [0, 0.05) is 5.02 Å². The first-order valence-corrected chi connectivity index (χ1v) is 9.40. The van der Waals surface area contributed by atoms with Gasteiger partial charge in [-0.05, 0) is 52.4 Å². The van der Waals surface area contributed by atoms with Gasteiger partial charge in [-0.25, -0.2) is 4.99 Å². The largest absolute Gasteiger partial charge is 0.300 e. The van der Waals surface area contributed by atoms with Crippen molar-refractivity contribution < 1.29 is 4.79 Å². The van der Waals surface area contributed by atoms with Gasteiger partial charge in [0.1, 0.15) is 0 Å². The van der Waals surface area contributed by atoms with Crippen molar-refractivity contribution in [2.45, 2.75) is 0 Å². The highest BCUT2D eigenvalue weighted by molar-refractivity contribution is 8.18. The van der Waals surface area contributed by atoms with E-state index in [2.05, 4.69) is 22.4 Å². The number of halogens is 2. The van der Waals surface area contributed by atoms with Crippen LogP contribution in [0.4, 0.5) is 5.69 Å². The van der Waals surface area contributed by atoms with Gasteiger partial charge in [-0.15, -0.1) is 0 Å². The fourth-order valence-corrected chi connectivity index (χ4v) is 3.96. The molecular formula is C20H12Cl2N2OS. The van der Waals surface area contributed by atoms with Crippen LogP contribution in [0, 0.1) is 0 Å². The van der Waals surface area contributed by atoms with Gasteiger partial charge < -0.3 is 5.32 Å². The van der Waals surface area contributed by atoms with E-state index in [0.29, 0.717) is 25.8 Å². The predicted molar refractivity (Wildman–Crippen MR) is 111 cm³/mol. The van der Waals surface area contributed by atoms with Crippen LogP contribution in [-0.4, -0.2) is 11.1 Å². The maximum atomic E-state index is 12.3. The van der Waals surface area contributed by atoms with E-state index >= 15 is 0 Å². The van der Waals surface area contributed by atoms with Crippen LogP contribution in [0.3, 0.4) is 0 Å². The minimum atomic E-state index is -0.174. The third-order valence-electron chi connectivity index (χ3n) is 3.89. The van der Waals surface area contributed by atoms with Gasteiger partial charge in [-0.2, -0.15) is 0 Å². The van der Waals surface area contributed by atoms with Crippen LogP contribution >= 0.6 is 35.0 Å². The van der Waals surface area contributed by atoms with E-state index in [4.69, 9.17) is 23.2 Å². The summed E-state index contributed by atoms with van der Waals surface area (Å²) in [4.78, 5) is 17.3. The lowest BCUT2D eigenvalue weighted by Gasteiger charge is -2.02. The summed E-state index contributed by atoms with van der Waals surface area (Å²) in [6, 6.07) is 19.2. The normalized spacial score (nSPS) is 17.2. The number of carbonyl (C=O) groups is 1. The molecule has 1 N–H and O–H groups in total. The Bertz CT molecular complexity index is 1090. The number of amides is 1. The molecule has 1 aliphatic rings. The second-order valence-electron chi connectivity index (χ2n) is 5.65. The molecule has 0 radical (unpaired) electrons. The van der Waals surface area contributed by atoms with Crippen LogP contribution in [0.15, 0.2) is 70.6 Å². The predicted octanol–water partition coefficient (Wildman–Crippen LogP) is 6.04. The zero-order valence-electron chi connectivity index (χ0n) is 13.4. The Morgan fingerprint density at radius 1 is 1.00 bits per heavy atom. The van der Waals surface area contributed by atoms with Crippen molar-refractivity contribution >= 4 is 68.6 Å². The number of amidine groups is 1. The molecule has 0 aliphatic carbocycles. The molecular weight excluding hydrogens is 387 g/mol. The zero-order valence-corrected chi connectivity index (χ0v) is 15.7. The number of fused-ring (bicyclic) bond motifs is 1. The van der Waals surface area contributed by atoms with Gasteiger partial charge in [0.25, 0.3) is 5.91 Å². The van der Waals surface area contributed by atoms with E-state index in [9.17, 15) is 4.79 Å². The molecule has 3 aromatic rings. The molecule has 0 saturated carbocycles. The van der Waals surface area contributed by atoms with Gasteiger partial charge in [0.05, 0.1) is 15.6 Å². The zero-order chi connectivity index (χ0) is 18.1. The smallest absolute Gasteiger partial charge is 0.264 e. The summed E-state index contributed by atoms with van der Waals surface area (Å²) in [5, 5.41) is 6.48. The lowest BCUT2D eigenvalue weighted by molar-refractivity contribution is -0.115. The summed E-state index contributed by atoms with van der Waals surface area (Å²) in [5.41, 5.74) is 1.55. The third-order valence-corrected chi connectivity index (χ3v) is 5.34. The van der Waals surface area contributed by atoms with Crippen LogP contribution in [0.1, 0.15) is 5.56 Å². The van der Waals surface area contributed by atoms with Gasteiger partial charge in [-0.1, -0.05) is 65.7 Å². The fourth-order valence-electron chi connectivity index (χ4n) is 2.68. The summed E-state index contributed by atoms with van der Waals surface area (Å²) < 4.78 is 0. The first-order chi connectivity index (χ1) is 12.6. The van der Waals surface area contributed by atoms with Crippen molar-refractivity contribution in [1.82, 2.24) is 5.32 Å². The van der Waals surface area contributed by atoms with Crippen molar-refractivity contribution in [3.63, 3.8) is 0 Å². The average molecular weight is 399 g/mol. The molecule has 1 fully saturated rings. The Kier molecular flexibility index (Phi) is 4.72. The van der Waals surface area contributed by atoms with Crippen LogP contribution in [-0.2, 0) is 4.79 Å². The first-order valence-electron chi connectivity index (χ1n) is 7.82.